The summed E-state index contributed by atoms with van der Waals surface area (Å²) in [6.07, 6.45) is 8.79. The highest BCUT2D eigenvalue weighted by atomic mass is 35.5. The molecule has 2 rings (SSSR count). The van der Waals surface area contributed by atoms with Gasteiger partial charge in [0.15, 0.2) is 5.16 Å². The fourth-order valence-electron chi connectivity index (χ4n) is 1.88. The molecule has 0 atom stereocenters. The second kappa shape index (κ2) is 7.96. The molecule has 108 valence electrons. The summed E-state index contributed by atoms with van der Waals surface area (Å²) >= 11 is 9.24. The molecule has 20 heavy (non-hydrogen) atoms. The molecule has 0 aliphatic rings. The molecular formula is C14H18ClN3S2. The zero-order chi connectivity index (χ0) is 14.4. The van der Waals surface area contributed by atoms with E-state index in [1.54, 1.807) is 11.8 Å². The minimum atomic E-state index is 0.718. The number of imidazole rings is 1. The Balaban J connectivity index is 2.14. The number of aromatic nitrogens is 3. The monoisotopic (exact) mass is 327 g/mol. The standard InChI is InChI=1S/C14H18ClN3S2/c1-11-12(10-18-8-7-17-14(18)19-2)16-6-4-13(11)20-9-3-5-15/h4,6-8H,3,5,9-10H2,1-2H3. The fraction of sp³-hybridized carbons (Fsp3) is 0.429. The molecule has 0 fully saturated rings. The van der Waals surface area contributed by atoms with Gasteiger partial charge in [0, 0.05) is 29.4 Å². The minimum Gasteiger partial charge on any atom is -0.320 e. The van der Waals surface area contributed by atoms with Crippen molar-refractivity contribution in [3.8, 4) is 0 Å². The molecule has 0 aliphatic heterocycles. The number of hydrogen-bond donors (Lipinski definition) is 0. The zero-order valence-corrected chi connectivity index (χ0v) is 14.1. The van der Waals surface area contributed by atoms with Crippen molar-refractivity contribution in [1.29, 1.82) is 0 Å². The van der Waals surface area contributed by atoms with Crippen LogP contribution < -0.4 is 0 Å². The second-order valence-electron chi connectivity index (χ2n) is 4.31. The lowest BCUT2D eigenvalue weighted by atomic mass is 10.2. The Labute approximate surface area is 133 Å². The molecule has 3 nitrogen and oxygen atoms in total. The van der Waals surface area contributed by atoms with Crippen LogP contribution in [0.4, 0.5) is 0 Å². The van der Waals surface area contributed by atoms with Crippen molar-refractivity contribution < 1.29 is 0 Å². The number of hydrogen-bond acceptors (Lipinski definition) is 4. The van der Waals surface area contributed by atoms with Crippen molar-refractivity contribution in [2.24, 2.45) is 0 Å². The highest BCUT2D eigenvalue weighted by Crippen LogP contribution is 2.25. The molecule has 0 radical (unpaired) electrons. The van der Waals surface area contributed by atoms with Crippen LogP contribution in [-0.2, 0) is 6.54 Å². The first-order chi connectivity index (χ1) is 9.76. The number of nitrogens with zero attached hydrogens (tertiary/aromatic N) is 3. The SMILES string of the molecule is CSc1nccn1Cc1nccc(SCCCCl)c1C. The Morgan fingerprint density at radius 3 is 2.90 bits per heavy atom. The highest BCUT2D eigenvalue weighted by molar-refractivity contribution is 7.99. The maximum atomic E-state index is 5.73. The number of pyridine rings is 1. The van der Waals surface area contributed by atoms with Crippen LogP contribution >= 0.6 is 35.1 Å². The number of thioether (sulfide) groups is 2. The van der Waals surface area contributed by atoms with Gasteiger partial charge >= 0.3 is 0 Å². The average Bonchev–Trinajstić information content (AvgIpc) is 2.90. The normalized spacial score (nSPS) is 10.9. The number of halogens is 1. The molecule has 2 aromatic rings. The first-order valence-electron chi connectivity index (χ1n) is 6.44. The van der Waals surface area contributed by atoms with E-state index in [0.717, 1.165) is 35.4 Å². The van der Waals surface area contributed by atoms with Gasteiger partial charge in [-0.3, -0.25) is 4.98 Å². The number of rotatable bonds is 7. The summed E-state index contributed by atoms with van der Waals surface area (Å²) in [4.78, 5) is 10.1. The molecule has 0 amide bonds. The summed E-state index contributed by atoms with van der Waals surface area (Å²) < 4.78 is 2.13. The Bertz CT molecular complexity index is 557. The summed E-state index contributed by atoms with van der Waals surface area (Å²) in [6, 6.07) is 2.08. The maximum Gasteiger partial charge on any atom is 0.168 e. The first-order valence-corrected chi connectivity index (χ1v) is 9.19. The van der Waals surface area contributed by atoms with E-state index in [0.29, 0.717) is 0 Å². The quantitative estimate of drug-likeness (QED) is 0.435. The lowest BCUT2D eigenvalue weighted by Gasteiger charge is -2.11. The van der Waals surface area contributed by atoms with Crippen LogP contribution in [0.2, 0.25) is 0 Å². The van der Waals surface area contributed by atoms with Crippen molar-refractivity contribution >= 4 is 35.1 Å². The van der Waals surface area contributed by atoms with Gasteiger partial charge in [0.1, 0.15) is 0 Å². The van der Waals surface area contributed by atoms with Gasteiger partial charge in [-0.05, 0) is 37.0 Å². The summed E-state index contributed by atoms with van der Waals surface area (Å²) in [6.45, 7) is 2.91. The molecule has 6 heteroatoms. The third-order valence-electron chi connectivity index (χ3n) is 2.97. The van der Waals surface area contributed by atoms with E-state index in [9.17, 15) is 0 Å². The Morgan fingerprint density at radius 1 is 1.30 bits per heavy atom. The molecule has 2 heterocycles. The Kier molecular flexibility index (Phi) is 6.26. The van der Waals surface area contributed by atoms with E-state index in [2.05, 4.69) is 27.5 Å². The molecule has 0 bridgehead atoms. The van der Waals surface area contributed by atoms with Gasteiger partial charge in [-0.15, -0.1) is 23.4 Å². The third-order valence-corrected chi connectivity index (χ3v) is 5.19. The summed E-state index contributed by atoms with van der Waals surface area (Å²) in [5, 5.41) is 1.02. The highest BCUT2D eigenvalue weighted by Gasteiger charge is 2.08. The van der Waals surface area contributed by atoms with Crippen molar-refractivity contribution in [3.05, 3.63) is 35.9 Å². The maximum absolute atomic E-state index is 5.73. The van der Waals surface area contributed by atoms with E-state index in [1.807, 2.05) is 36.6 Å². The lowest BCUT2D eigenvalue weighted by molar-refractivity contribution is 0.688. The molecule has 2 aromatic heterocycles. The smallest absolute Gasteiger partial charge is 0.168 e. The van der Waals surface area contributed by atoms with Gasteiger partial charge in [0.25, 0.3) is 0 Å². The van der Waals surface area contributed by atoms with E-state index < -0.39 is 0 Å². The van der Waals surface area contributed by atoms with Gasteiger partial charge in [0.05, 0.1) is 12.2 Å². The van der Waals surface area contributed by atoms with Crippen molar-refractivity contribution in [2.75, 3.05) is 17.9 Å². The van der Waals surface area contributed by atoms with Crippen LogP contribution in [0, 0.1) is 6.92 Å². The van der Waals surface area contributed by atoms with Crippen LogP contribution in [0.25, 0.3) is 0 Å². The predicted molar refractivity (Wildman–Crippen MR) is 88.1 cm³/mol. The van der Waals surface area contributed by atoms with Gasteiger partial charge < -0.3 is 4.57 Å². The molecule has 0 saturated heterocycles. The predicted octanol–water partition coefficient (Wildman–Crippen LogP) is 4.08. The van der Waals surface area contributed by atoms with E-state index in [-0.39, 0.29) is 0 Å². The van der Waals surface area contributed by atoms with Crippen molar-refractivity contribution in [3.63, 3.8) is 0 Å². The first kappa shape index (κ1) is 15.7. The summed E-state index contributed by atoms with van der Waals surface area (Å²) in [7, 11) is 0. The fourth-order valence-corrected chi connectivity index (χ4v) is 3.70. The minimum absolute atomic E-state index is 0.718. The molecule has 0 aromatic carbocycles. The van der Waals surface area contributed by atoms with E-state index >= 15 is 0 Å². The van der Waals surface area contributed by atoms with Crippen LogP contribution in [0.15, 0.2) is 34.7 Å². The Morgan fingerprint density at radius 2 is 2.15 bits per heavy atom. The number of alkyl halides is 1. The molecule has 0 N–H and O–H groups in total. The van der Waals surface area contributed by atoms with Gasteiger partial charge in [-0.1, -0.05) is 11.8 Å². The lowest BCUT2D eigenvalue weighted by Crippen LogP contribution is -2.05. The van der Waals surface area contributed by atoms with Gasteiger partial charge in [0.2, 0.25) is 0 Å². The molecular weight excluding hydrogens is 310 g/mol. The molecule has 0 aliphatic carbocycles. The average molecular weight is 328 g/mol. The largest absolute Gasteiger partial charge is 0.320 e. The van der Waals surface area contributed by atoms with Crippen LogP contribution in [0.1, 0.15) is 17.7 Å². The summed E-state index contributed by atoms with van der Waals surface area (Å²) in [5.41, 5.74) is 2.36. The van der Waals surface area contributed by atoms with Crippen LogP contribution in [-0.4, -0.2) is 32.4 Å². The molecule has 0 unspecified atom stereocenters. The van der Waals surface area contributed by atoms with Crippen LogP contribution in [0.5, 0.6) is 0 Å². The second-order valence-corrected chi connectivity index (χ2v) is 6.60. The van der Waals surface area contributed by atoms with Crippen molar-refractivity contribution in [2.45, 2.75) is 29.9 Å². The molecule has 0 saturated carbocycles. The van der Waals surface area contributed by atoms with Crippen molar-refractivity contribution in [1.82, 2.24) is 14.5 Å². The topological polar surface area (TPSA) is 30.7 Å². The summed E-state index contributed by atoms with van der Waals surface area (Å²) in [5.74, 6) is 1.77. The zero-order valence-electron chi connectivity index (χ0n) is 11.7. The molecule has 0 spiro atoms. The Hall–Kier alpha value is -0.650. The van der Waals surface area contributed by atoms with E-state index in [1.165, 1.54) is 10.5 Å². The third kappa shape index (κ3) is 3.93. The van der Waals surface area contributed by atoms with Gasteiger partial charge in [-0.25, -0.2) is 4.98 Å². The van der Waals surface area contributed by atoms with Gasteiger partial charge in [-0.2, -0.15) is 0 Å². The van der Waals surface area contributed by atoms with Crippen LogP contribution in [0.3, 0.4) is 0 Å². The van der Waals surface area contributed by atoms with E-state index in [4.69, 9.17) is 11.6 Å².